The molecule has 0 aliphatic heterocycles. The van der Waals surface area contributed by atoms with Gasteiger partial charge < -0.3 is 5.73 Å². The molecule has 0 aliphatic rings. The van der Waals surface area contributed by atoms with Gasteiger partial charge in [-0.15, -0.1) is 0 Å². The fourth-order valence-corrected chi connectivity index (χ4v) is 1.68. The first-order valence-corrected chi connectivity index (χ1v) is 5.13. The van der Waals surface area contributed by atoms with Crippen molar-refractivity contribution in [3.05, 3.63) is 34.3 Å². The Hall–Kier alpha value is -0.530. The fraction of sp³-hybridized carbons (Fsp3) is 0.455. The molecule has 0 unspecified atom stereocenters. The first kappa shape index (κ1) is 10.6. The van der Waals surface area contributed by atoms with Crippen molar-refractivity contribution < 1.29 is 0 Å². The molecule has 1 aromatic carbocycles. The second kappa shape index (κ2) is 5.25. The zero-order valence-corrected chi connectivity index (χ0v) is 8.77. The molecule has 0 fully saturated rings. The van der Waals surface area contributed by atoms with Crippen molar-refractivity contribution in [2.24, 2.45) is 5.73 Å². The van der Waals surface area contributed by atoms with Crippen LogP contribution in [0.25, 0.3) is 0 Å². The molecule has 0 amide bonds. The topological polar surface area (TPSA) is 26.0 Å². The SMILES string of the molecule is CCCc1ccc(CCN)cc1Cl. The molecular formula is C11H16ClN. The molecule has 13 heavy (non-hydrogen) atoms. The summed E-state index contributed by atoms with van der Waals surface area (Å²) < 4.78 is 0. The number of hydrogen-bond donors (Lipinski definition) is 1. The van der Waals surface area contributed by atoms with Gasteiger partial charge in [0.05, 0.1) is 0 Å². The van der Waals surface area contributed by atoms with Gasteiger partial charge in [0.25, 0.3) is 0 Å². The van der Waals surface area contributed by atoms with Gasteiger partial charge in [-0.2, -0.15) is 0 Å². The van der Waals surface area contributed by atoms with Crippen molar-refractivity contribution in [3.8, 4) is 0 Å². The summed E-state index contributed by atoms with van der Waals surface area (Å²) >= 11 is 6.10. The first-order valence-electron chi connectivity index (χ1n) is 4.75. The molecule has 1 rings (SSSR count). The van der Waals surface area contributed by atoms with E-state index >= 15 is 0 Å². The standard InChI is InChI=1S/C11H16ClN/c1-2-3-10-5-4-9(6-7-13)8-11(10)12/h4-5,8H,2-3,6-7,13H2,1H3. The van der Waals surface area contributed by atoms with Gasteiger partial charge >= 0.3 is 0 Å². The van der Waals surface area contributed by atoms with Crippen molar-refractivity contribution in [2.75, 3.05) is 6.54 Å². The molecule has 0 bridgehead atoms. The van der Waals surface area contributed by atoms with Crippen molar-refractivity contribution >= 4 is 11.6 Å². The van der Waals surface area contributed by atoms with Crippen LogP contribution in [0.5, 0.6) is 0 Å². The van der Waals surface area contributed by atoms with Crippen LogP contribution in [0, 0.1) is 0 Å². The second-order valence-corrected chi connectivity index (χ2v) is 3.62. The molecule has 2 heteroatoms. The molecule has 0 aromatic heterocycles. The maximum atomic E-state index is 6.10. The quantitative estimate of drug-likeness (QED) is 0.790. The van der Waals surface area contributed by atoms with E-state index in [2.05, 4.69) is 19.1 Å². The van der Waals surface area contributed by atoms with Crippen LogP contribution in [-0.2, 0) is 12.8 Å². The van der Waals surface area contributed by atoms with Crippen LogP contribution >= 0.6 is 11.6 Å². The van der Waals surface area contributed by atoms with Gasteiger partial charge in [-0.05, 0) is 36.6 Å². The van der Waals surface area contributed by atoms with Gasteiger partial charge in [0.1, 0.15) is 0 Å². The maximum Gasteiger partial charge on any atom is 0.0440 e. The van der Waals surface area contributed by atoms with E-state index in [1.807, 2.05) is 6.07 Å². The zero-order valence-electron chi connectivity index (χ0n) is 8.02. The highest BCUT2D eigenvalue weighted by molar-refractivity contribution is 6.31. The number of rotatable bonds is 4. The Morgan fingerprint density at radius 3 is 2.62 bits per heavy atom. The normalized spacial score (nSPS) is 10.4. The van der Waals surface area contributed by atoms with Crippen LogP contribution in [0.4, 0.5) is 0 Å². The molecule has 72 valence electrons. The van der Waals surface area contributed by atoms with Crippen LogP contribution in [0.15, 0.2) is 18.2 Å². The lowest BCUT2D eigenvalue weighted by Crippen LogP contribution is -2.02. The highest BCUT2D eigenvalue weighted by Crippen LogP contribution is 2.19. The van der Waals surface area contributed by atoms with E-state index in [9.17, 15) is 0 Å². The largest absolute Gasteiger partial charge is 0.330 e. The number of hydrogen-bond acceptors (Lipinski definition) is 1. The Morgan fingerprint density at radius 2 is 2.08 bits per heavy atom. The molecular weight excluding hydrogens is 182 g/mol. The minimum atomic E-state index is 0.684. The van der Waals surface area contributed by atoms with E-state index in [1.165, 1.54) is 11.1 Å². The Kier molecular flexibility index (Phi) is 4.26. The predicted molar refractivity (Wildman–Crippen MR) is 58.2 cm³/mol. The maximum absolute atomic E-state index is 6.10. The lowest BCUT2D eigenvalue weighted by atomic mass is 10.1. The van der Waals surface area contributed by atoms with E-state index in [-0.39, 0.29) is 0 Å². The van der Waals surface area contributed by atoms with Crippen LogP contribution in [-0.4, -0.2) is 6.54 Å². The van der Waals surface area contributed by atoms with Gasteiger partial charge in [-0.3, -0.25) is 0 Å². The minimum Gasteiger partial charge on any atom is -0.330 e. The number of halogens is 1. The summed E-state index contributed by atoms with van der Waals surface area (Å²) in [6.45, 7) is 2.84. The Morgan fingerprint density at radius 1 is 1.31 bits per heavy atom. The van der Waals surface area contributed by atoms with Gasteiger partial charge in [-0.25, -0.2) is 0 Å². The smallest absolute Gasteiger partial charge is 0.0440 e. The van der Waals surface area contributed by atoms with Crippen molar-refractivity contribution in [2.45, 2.75) is 26.2 Å². The molecule has 0 spiro atoms. The molecule has 0 heterocycles. The molecule has 0 atom stereocenters. The van der Waals surface area contributed by atoms with Gasteiger partial charge in [0, 0.05) is 5.02 Å². The number of aryl methyl sites for hydroxylation is 1. The average Bonchev–Trinajstić information content (AvgIpc) is 2.10. The monoisotopic (exact) mass is 197 g/mol. The van der Waals surface area contributed by atoms with E-state index in [4.69, 9.17) is 17.3 Å². The van der Waals surface area contributed by atoms with E-state index in [0.717, 1.165) is 24.3 Å². The van der Waals surface area contributed by atoms with Gasteiger partial charge in [0.2, 0.25) is 0 Å². The Balaban J connectivity index is 2.79. The van der Waals surface area contributed by atoms with Gasteiger partial charge in [-0.1, -0.05) is 37.1 Å². The first-order chi connectivity index (χ1) is 6.27. The minimum absolute atomic E-state index is 0.684. The number of nitrogens with two attached hydrogens (primary N) is 1. The highest BCUT2D eigenvalue weighted by Gasteiger charge is 2.00. The molecule has 0 radical (unpaired) electrons. The second-order valence-electron chi connectivity index (χ2n) is 3.21. The van der Waals surface area contributed by atoms with Crippen LogP contribution in [0.1, 0.15) is 24.5 Å². The highest BCUT2D eigenvalue weighted by atomic mass is 35.5. The molecule has 0 aliphatic carbocycles. The van der Waals surface area contributed by atoms with E-state index in [0.29, 0.717) is 6.54 Å². The average molecular weight is 198 g/mol. The molecule has 1 nitrogen and oxygen atoms in total. The van der Waals surface area contributed by atoms with E-state index in [1.54, 1.807) is 0 Å². The van der Waals surface area contributed by atoms with Crippen LogP contribution < -0.4 is 5.73 Å². The summed E-state index contributed by atoms with van der Waals surface area (Å²) in [5.41, 5.74) is 7.93. The summed E-state index contributed by atoms with van der Waals surface area (Å²) in [5, 5.41) is 0.882. The third kappa shape index (κ3) is 3.02. The Bertz CT molecular complexity index is 271. The van der Waals surface area contributed by atoms with Crippen LogP contribution in [0.3, 0.4) is 0 Å². The third-order valence-corrected chi connectivity index (χ3v) is 2.42. The zero-order chi connectivity index (χ0) is 9.68. The molecule has 1 aromatic rings. The summed E-state index contributed by atoms with van der Waals surface area (Å²) in [6.07, 6.45) is 3.10. The van der Waals surface area contributed by atoms with Gasteiger partial charge in [0.15, 0.2) is 0 Å². The van der Waals surface area contributed by atoms with E-state index < -0.39 is 0 Å². The van der Waals surface area contributed by atoms with Crippen molar-refractivity contribution in [1.29, 1.82) is 0 Å². The summed E-state index contributed by atoms with van der Waals surface area (Å²) in [4.78, 5) is 0. The van der Waals surface area contributed by atoms with Crippen molar-refractivity contribution in [1.82, 2.24) is 0 Å². The molecule has 2 N–H and O–H groups in total. The molecule has 0 saturated heterocycles. The third-order valence-electron chi connectivity index (χ3n) is 2.07. The van der Waals surface area contributed by atoms with Crippen molar-refractivity contribution in [3.63, 3.8) is 0 Å². The summed E-state index contributed by atoms with van der Waals surface area (Å²) in [7, 11) is 0. The summed E-state index contributed by atoms with van der Waals surface area (Å²) in [5.74, 6) is 0. The Labute approximate surface area is 84.9 Å². The molecule has 0 saturated carbocycles. The predicted octanol–water partition coefficient (Wildman–Crippen LogP) is 2.79. The lowest BCUT2D eigenvalue weighted by molar-refractivity contribution is 0.916. The lowest BCUT2D eigenvalue weighted by Gasteiger charge is -2.04. The fourth-order valence-electron chi connectivity index (χ4n) is 1.39. The van der Waals surface area contributed by atoms with Crippen LogP contribution in [0.2, 0.25) is 5.02 Å². The number of benzene rings is 1. The summed E-state index contributed by atoms with van der Waals surface area (Å²) in [6, 6.07) is 6.25.